The summed E-state index contributed by atoms with van der Waals surface area (Å²) in [6.45, 7) is 0.690. The minimum atomic E-state index is -0.317. The fourth-order valence-corrected chi connectivity index (χ4v) is 6.10. The molecule has 1 heterocycles. The van der Waals surface area contributed by atoms with Crippen molar-refractivity contribution in [1.82, 2.24) is 10.2 Å². The zero-order valence-corrected chi connectivity index (χ0v) is 13.3. The fraction of sp³-hybridized carbons (Fsp3) is 0.875. The molecule has 21 heavy (non-hydrogen) atoms. The number of rotatable bonds is 2. The summed E-state index contributed by atoms with van der Waals surface area (Å²) >= 11 is 3.94. The van der Waals surface area contributed by atoms with E-state index < -0.39 is 0 Å². The van der Waals surface area contributed by atoms with Crippen molar-refractivity contribution in [3.63, 3.8) is 0 Å². The molecule has 4 bridgehead atoms. The van der Waals surface area contributed by atoms with Crippen LogP contribution in [-0.2, 0) is 4.79 Å². The highest BCUT2D eigenvalue weighted by molar-refractivity contribution is 7.96. The molecular formula is C16H24N2O2S. The summed E-state index contributed by atoms with van der Waals surface area (Å²) in [7, 11) is 0. The molecule has 5 fully saturated rings. The normalized spacial score (nSPS) is 44.1. The van der Waals surface area contributed by atoms with Crippen molar-refractivity contribution in [2.24, 2.45) is 17.8 Å². The number of carbonyl (C=O) groups excluding carboxylic acids is 2. The van der Waals surface area contributed by atoms with E-state index in [0.29, 0.717) is 6.54 Å². The van der Waals surface area contributed by atoms with E-state index in [1.165, 1.54) is 19.3 Å². The molecule has 0 aromatic carbocycles. The molecule has 1 unspecified atom stereocenters. The monoisotopic (exact) mass is 308 g/mol. The van der Waals surface area contributed by atoms with Crippen LogP contribution >= 0.6 is 12.6 Å². The van der Waals surface area contributed by atoms with Crippen LogP contribution in [0.2, 0.25) is 0 Å². The lowest BCUT2D eigenvalue weighted by atomic mass is 9.53. The first kappa shape index (κ1) is 13.9. The summed E-state index contributed by atoms with van der Waals surface area (Å²) in [5.41, 5.74) is 0.0264. The van der Waals surface area contributed by atoms with Gasteiger partial charge in [0.15, 0.2) is 0 Å². The van der Waals surface area contributed by atoms with Crippen LogP contribution in [0.1, 0.15) is 51.4 Å². The summed E-state index contributed by atoms with van der Waals surface area (Å²) < 4.78 is 0. The molecule has 2 amide bonds. The van der Waals surface area contributed by atoms with Gasteiger partial charge in [-0.1, -0.05) is 0 Å². The average Bonchev–Trinajstić information content (AvgIpc) is 2.85. The zero-order valence-electron chi connectivity index (χ0n) is 12.4. The second-order valence-corrected chi connectivity index (χ2v) is 8.26. The van der Waals surface area contributed by atoms with Crippen molar-refractivity contribution in [1.29, 1.82) is 0 Å². The Labute approximate surface area is 131 Å². The van der Waals surface area contributed by atoms with E-state index in [4.69, 9.17) is 0 Å². The molecule has 4 saturated carbocycles. The Kier molecular flexibility index (Phi) is 3.25. The third-order valence-corrected chi connectivity index (χ3v) is 6.51. The predicted octanol–water partition coefficient (Wildman–Crippen LogP) is 2.59. The van der Waals surface area contributed by atoms with E-state index in [1.807, 2.05) is 0 Å². The number of hydrogen-bond donors (Lipinski definition) is 2. The standard InChI is InChI=1S/C16H24N2O2S/c19-14(21)13-2-1-3-18(13)15(20)17-16-7-10-4-11(8-16)6-12(5-10)9-16/h10-13H,1-9H2,(H,17,20)(H,19,21). The number of carbonyl (C=O) groups is 2. The fourth-order valence-electron chi connectivity index (χ4n) is 5.83. The van der Waals surface area contributed by atoms with Crippen molar-refractivity contribution in [3.05, 3.63) is 0 Å². The van der Waals surface area contributed by atoms with E-state index in [2.05, 4.69) is 17.9 Å². The number of nitrogens with one attached hydrogen (secondary N) is 1. The number of urea groups is 1. The number of amides is 2. The van der Waals surface area contributed by atoms with Gasteiger partial charge in [-0.25, -0.2) is 4.79 Å². The van der Waals surface area contributed by atoms with Crippen molar-refractivity contribution in [3.8, 4) is 0 Å². The lowest BCUT2D eigenvalue weighted by Gasteiger charge is -2.57. The molecule has 1 aliphatic heterocycles. The van der Waals surface area contributed by atoms with E-state index in [0.717, 1.165) is 49.9 Å². The SMILES string of the molecule is O=C(S)C1CCCN1C(=O)NC12CC3CC(CC(C3)C1)C2. The van der Waals surface area contributed by atoms with Crippen LogP contribution in [0.15, 0.2) is 0 Å². The van der Waals surface area contributed by atoms with Crippen LogP contribution in [0.4, 0.5) is 4.79 Å². The smallest absolute Gasteiger partial charge is 0.318 e. The summed E-state index contributed by atoms with van der Waals surface area (Å²) in [6, 6.07) is -0.343. The lowest BCUT2D eigenvalue weighted by molar-refractivity contribution is -0.114. The molecular weight excluding hydrogens is 284 g/mol. The molecule has 5 heteroatoms. The average molecular weight is 308 g/mol. The zero-order chi connectivity index (χ0) is 14.6. The Morgan fingerprint density at radius 2 is 1.62 bits per heavy atom. The quantitative estimate of drug-likeness (QED) is 0.770. The number of nitrogens with zero attached hydrogens (tertiary/aromatic N) is 1. The van der Waals surface area contributed by atoms with Crippen LogP contribution in [0.5, 0.6) is 0 Å². The van der Waals surface area contributed by atoms with E-state index >= 15 is 0 Å². The van der Waals surface area contributed by atoms with Gasteiger partial charge in [0.05, 0.1) is 0 Å². The maximum absolute atomic E-state index is 12.7. The van der Waals surface area contributed by atoms with Gasteiger partial charge < -0.3 is 10.2 Å². The highest BCUT2D eigenvalue weighted by atomic mass is 32.1. The maximum Gasteiger partial charge on any atom is 0.318 e. The molecule has 1 saturated heterocycles. The highest BCUT2D eigenvalue weighted by Gasteiger charge is 2.52. The Morgan fingerprint density at radius 3 is 2.14 bits per heavy atom. The molecule has 0 spiro atoms. The van der Waals surface area contributed by atoms with Gasteiger partial charge in [-0.2, -0.15) is 0 Å². The maximum atomic E-state index is 12.7. The van der Waals surface area contributed by atoms with Crippen LogP contribution < -0.4 is 5.32 Å². The van der Waals surface area contributed by atoms with Crippen LogP contribution in [-0.4, -0.2) is 34.2 Å². The molecule has 0 aromatic heterocycles. The van der Waals surface area contributed by atoms with Gasteiger partial charge in [0, 0.05) is 12.1 Å². The molecule has 5 rings (SSSR count). The minimum absolute atomic E-state index is 0.0261. The predicted molar refractivity (Wildman–Crippen MR) is 83.2 cm³/mol. The van der Waals surface area contributed by atoms with Gasteiger partial charge in [-0.05, 0) is 69.1 Å². The first-order chi connectivity index (χ1) is 10.0. The molecule has 0 aromatic rings. The lowest BCUT2D eigenvalue weighted by Crippen LogP contribution is -2.62. The Hall–Kier alpha value is -0.710. The van der Waals surface area contributed by atoms with E-state index in [-0.39, 0.29) is 22.7 Å². The van der Waals surface area contributed by atoms with Crippen molar-refractivity contribution < 1.29 is 9.59 Å². The minimum Gasteiger partial charge on any atom is -0.333 e. The summed E-state index contributed by atoms with van der Waals surface area (Å²) in [6.07, 6.45) is 9.24. The Bertz CT molecular complexity index is 444. The van der Waals surface area contributed by atoms with Gasteiger partial charge in [-0.3, -0.25) is 4.79 Å². The Morgan fingerprint density at radius 1 is 1.05 bits per heavy atom. The van der Waals surface area contributed by atoms with Crippen LogP contribution in [0.3, 0.4) is 0 Å². The van der Waals surface area contributed by atoms with Gasteiger partial charge in [0.25, 0.3) is 0 Å². The number of likely N-dealkylation sites (tertiary alicyclic amines) is 1. The molecule has 1 N–H and O–H groups in total. The Balaban J connectivity index is 1.48. The van der Waals surface area contributed by atoms with Crippen molar-refractivity contribution in [2.45, 2.75) is 62.9 Å². The largest absolute Gasteiger partial charge is 0.333 e. The van der Waals surface area contributed by atoms with Gasteiger partial charge in [0.2, 0.25) is 5.12 Å². The molecule has 4 nitrogen and oxygen atoms in total. The third-order valence-electron chi connectivity index (χ3n) is 6.21. The van der Waals surface area contributed by atoms with Gasteiger partial charge in [-0.15, -0.1) is 12.6 Å². The van der Waals surface area contributed by atoms with E-state index in [9.17, 15) is 9.59 Å². The summed E-state index contributed by atoms with van der Waals surface area (Å²) in [5, 5.41) is 3.18. The molecule has 116 valence electrons. The first-order valence-electron chi connectivity index (χ1n) is 8.36. The first-order valence-corrected chi connectivity index (χ1v) is 8.81. The number of thiol groups is 1. The summed E-state index contributed by atoms with van der Waals surface area (Å²) in [4.78, 5) is 26.0. The van der Waals surface area contributed by atoms with Gasteiger partial charge >= 0.3 is 6.03 Å². The van der Waals surface area contributed by atoms with Crippen molar-refractivity contribution in [2.75, 3.05) is 6.54 Å². The molecule has 4 aliphatic carbocycles. The van der Waals surface area contributed by atoms with Crippen LogP contribution in [0, 0.1) is 17.8 Å². The van der Waals surface area contributed by atoms with Crippen LogP contribution in [0.25, 0.3) is 0 Å². The topological polar surface area (TPSA) is 49.4 Å². The second kappa shape index (κ2) is 4.90. The molecule has 0 radical (unpaired) electrons. The van der Waals surface area contributed by atoms with E-state index in [1.54, 1.807) is 4.90 Å². The highest BCUT2D eigenvalue weighted by Crippen LogP contribution is 2.55. The second-order valence-electron chi connectivity index (χ2n) is 7.82. The summed E-state index contributed by atoms with van der Waals surface area (Å²) in [5.74, 6) is 2.45. The molecule has 5 aliphatic rings. The van der Waals surface area contributed by atoms with Crippen molar-refractivity contribution >= 4 is 23.8 Å². The third kappa shape index (κ3) is 2.37. The number of hydrogen-bond acceptors (Lipinski definition) is 2. The van der Waals surface area contributed by atoms with Gasteiger partial charge in [0.1, 0.15) is 6.04 Å². The molecule has 1 atom stereocenters.